The van der Waals surface area contributed by atoms with Gasteiger partial charge in [0, 0.05) is 30.3 Å². The molecule has 0 saturated heterocycles. The molecule has 0 unspecified atom stereocenters. The van der Waals surface area contributed by atoms with Gasteiger partial charge in [-0.15, -0.1) is 0 Å². The smallest absolute Gasteiger partial charge is 0.407 e. The number of benzene rings is 2. The Labute approximate surface area is 177 Å². The second-order valence-electron chi connectivity index (χ2n) is 7.31. The number of carbonyl (C=O) groups is 3. The van der Waals surface area contributed by atoms with Crippen LogP contribution in [0.3, 0.4) is 0 Å². The van der Waals surface area contributed by atoms with Crippen LogP contribution in [0.15, 0.2) is 48.5 Å². The molecule has 2 aromatic rings. The Morgan fingerprint density at radius 2 is 1.73 bits per heavy atom. The molecule has 0 aliphatic heterocycles. The highest BCUT2D eigenvalue weighted by molar-refractivity contribution is 5.95. The molecule has 0 aromatic heterocycles. The zero-order valence-electron chi connectivity index (χ0n) is 17.7. The van der Waals surface area contributed by atoms with Crippen molar-refractivity contribution < 1.29 is 19.1 Å². The maximum atomic E-state index is 12.2. The van der Waals surface area contributed by atoms with Crippen LogP contribution in [0.2, 0.25) is 0 Å². The third-order valence-corrected chi connectivity index (χ3v) is 4.37. The first-order chi connectivity index (χ1) is 14.3. The molecule has 0 heterocycles. The van der Waals surface area contributed by atoms with E-state index in [1.807, 2.05) is 57.2 Å². The van der Waals surface area contributed by atoms with Gasteiger partial charge in [-0.1, -0.05) is 50.2 Å². The molecule has 7 heteroatoms. The van der Waals surface area contributed by atoms with Crippen LogP contribution in [0.4, 0.5) is 16.2 Å². The minimum atomic E-state index is -0.510. The van der Waals surface area contributed by atoms with E-state index in [2.05, 4.69) is 16.0 Å². The van der Waals surface area contributed by atoms with Crippen LogP contribution in [0.5, 0.6) is 0 Å². The van der Waals surface area contributed by atoms with Crippen molar-refractivity contribution in [1.29, 1.82) is 0 Å². The molecule has 2 aromatic carbocycles. The molecule has 0 radical (unpaired) electrons. The van der Waals surface area contributed by atoms with E-state index in [1.165, 1.54) is 0 Å². The van der Waals surface area contributed by atoms with E-state index in [-0.39, 0.29) is 30.8 Å². The highest BCUT2D eigenvalue weighted by Crippen LogP contribution is 2.21. The molecular formula is C23H29N3O4. The average Bonchev–Trinajstić information content (AvgIpc) is 2.72. The first-order valence-electron chi connectivity index (χ1n) is 10.0. The van der Waals surface area contributed by atoms with Gasteiger partial charge in [0.25, 0.3) is 0 Å². The van der Waals surface area contributed by atoms with Gasteiger partial charge in [-0.25, -0.2) is 4.79 Å². The molecule has 0 fully saturated rings. The van der Waals surface area contributed by atoms with Crippen LogP contribution in [0, 0.1) is 12.8 Å². The molecule has 0 atom stereocenters. The topological polar surface area (TPSA) is 96.5 Å². The molecule has 3 amide bonds. The first kappa shape index (κ1) is 22.9. The number of aryl methyl sites for hydroxylation is 1. The summed E-state index contributed by atoms with van der Waals surface area (Å²) in [5, 5.41) is 8.31. The Morgan fingerprint density at radius 1 is 1.00 bits per heavy atom. The van der Waals surface area contributed by atoms with Crippen molar-refractivity contribution in [3.63, 3.8) is 0 Å². The van der Waals surface area contributed by atoms with Crippen LogP contribution in [0.25, 0.3) is 0 Å². The van der Waals surface area contributed by atoms with Gasteiger partial charge in [-0.05, 0) is 36.6 Å². The predicted molar refractivity (Wildman–Crippen MR) is 117 cm³/mol. The average molecular weight is 412 g/mol. The quantitative estimate of drug-likeness (QED) is 0.538. The zero-order chi connectivity index (χ0) is 21.9. The van der Waals surface area contributed by atoms with Crippen molar-refractivity contribution in [2.45, 2.75) is 40.2 Å². The van der Waals surface area contributed by atoms with Gasteiger partial charge in [0.2, 0.25) is 11.8 Å². The van der Waals surface area contributed by atoms with Crippen molar-refractivity contribution in [3.8, 4) is 0 Å². The molecule has 0 aliphatic carbocycles. The zero-order valence-corrected chi connectivity index (χ0v) is 17.7. The van der Waals surface area contributed by atoms with E-state index in [9.17, 15) is 14.4 Å². The lowest BCUT2D eigenvalue weighted by molar-refractivity contribution is -0.119. The predicted octanol–water partition coefficient (Wildman–Crippen LogP) is 4.23. The Balaban J connectivity index is 1.71. The summed E-state index contributed by atoms with van der Waals surface area (Å²) in [4.78, 5) is 35.8. The van der Waals surface area contributed by atoms with Gasteiger partial charge in [0.05, 0.1) is 0 Å². The molecule has 2 rings (SSSR count). The molecule has 30 heavy (non-hydrogen) atoms. The maximum Gasteiger partial charge on any atom is 0.407 e. The van der Waals surface area contributed by atoms with Crippen LogP contribution in [-0.2, 0) is 20.9 Å². The third-order valence-electron chi connectivity index (χ3n) is 4.37. The monoisotopic (exact) mass is 411 g/mol. The molecule has 0 spiro atoms. The summed E-state index contributed by atoms with van der Waals surface area (Å²) < 4.78 is 5.12. The van der Waals surface area contributed by atoms with E-state index in [0.717, 1.165) is 11.1 Å². The fraction of sp³-hybridized carbons (Fsp3) is 0.348. The van der Waals surface area contributed by atoms with Gasteiger partial charge >= 0.3 is 6.09 Å². The number of hydrogen-bond acceptors (Lipinski definition) is 4. The molecule has 0 saturated carbocycles. The molecule has 7 nitrogen and oxygen atoms in total. The fourth-order valence-corrected chi connectivity index (χ4v) is 2.55. The van der Waals surface area contributed by atoms with Gasteiger partial charge in [0.1, 0.15) is 6.61 Å². The van der Waals surface area contributed by atoms with Crippen molar-refractivity contribution in [1.82, 2.24) is 5.32 Å². The maximum absolute atomic E-state index is 12.2. The Hall–Kier alpha value is -3.35. The Bertz CT molecular complexity index is 866. The number of ether oxygens (including phenoxy) is 1. The fourth-order valence-electron chi connectivity index (χ4n) is 2.55. The lowest BCUT2D eigenvalue weighted by Gasteiger charge is -2.13. The van der Waals surface area contributed by atoms with E-state index >= 15 is 0 Å². The number of rotatable bonds is 9. The largest absolute Gasteiger partial charge is 0.445 e. The number of nitrogens with one attached hydrogen (secondary N) is 3. The number of alkyl carbamates (subject to hydrolysis) is 1. The summed E-state index contributed by atoms with van der Waals surface area (Å²) in [5.74, 6) is -0.373. The summed E-state index contributed by atoms with van der Waals surface area (Å²) in [6, 6.07) is 14.8. The minimum absolute atomic E-state index is 0.0821. The highest BCUT2D eigenvalue weighted by atomic mass is 16.5. The van der Waals surface area contributed by atoms with Crippen LogP contribution in [0.1, 0.15) is 37.8 Å². The lowest BCUT2D eigenvalue weighted by Crippen LogP contribution is -2.26. The molecule has 0 bridgehead atoms. The van der Waals surface area contributed by atoms with Crippen molar-refractivity contribution in [3.05, 3.63) is 59.7 Å². The summed E-state index contributed by atoms with van der Waals surface area (Å²) >= 11 is 0. The van der Waals surface area contributed by atoms with Crippen molar-refractivity contribution >= 4 is 29.3 Å². The Kier molecular flexibility index (Phi) is 8.87. The van der Waals surface area contributed by atoms with E-state index in [1.54, 1.807) is 12.1 Å². The van der Waals surface area contributed by atoms with Gasteiger partial charge in [-0.3, -0.25) is 9.59 Å². The molecular weight excluding hydrogens is 382 g/mol. The second kappa shape index (κ2) is 11.6. The first-order valence-corrected chi connectivity index (χ1v) is 10.0. The van der Waals surface area contributed by atoms with Crippen molar-refractivity contribution in [2.75, 3.05) is 17.2 Å². The summed E-state index contributed by atoms with van der Waals surface area (Å²) in [6.07, 6.45) is 0.222. The van der Waals surface area contributed by atoms with E-state index < -0.39 is 6.09 Å². The minimum Gasteiger partial charge on any atom is -0.445 e. The standard InChI is InChI=1S/C23H29N3O4/c1-16(2)22(28)25-19-12-11-17(3)20(14-19)26-21(27)10-7-13-24-23(29)30-15-18-8-5-4-6-9-18/h4-6,8-9,11-12,14,16H,7,10,13,15H2,1-3H3,(H,24,29)(H,25,28)(H,26,27). The number of amides is 3. The van der Waals surface area contributed by atoms with Gasteiger partial charge < -0.3 is 20.7 Å². The summed E-state index contributed by atoms with van der Waals surface area (Å²) in [5.41, 5.74) is 3.09. The van der Waals surface area contributed by atoms with Crippen LogP contribution in [-0.4, -0.2) is 24.5 Å². The summed E-state index contributed by atoms with van der Waals surface area (Å²) in [7, 11) is 0. The number of anilines is 2. The molecule has 0 aliphatic rings. The Morgan fingerprint density at radius 3 is 2.43 bits per heavy atom. The normalized spacial score (nSPS) is 10.4. The number of carbonyl (C=O) groups excluding carboxylic acids is 3. The SMILES string of the molecule is Cc1ccc(NC(=O)C(C)C)cc1NC(=O)CCCNC(=O)OCc1ccccc1. The van der Waals surface area contributed by atoms with Gasteiger partial charge in [0.15, 0.2) is 0 Å². The van der Waals surface area contributed by atoms with E-state index in [4.69, 9.17) is 4.74 Å². The molecule has 3 N–H and O–H groups in total. The molecule has 160 valence electrons. The van der Waals surface area contributed by atoms with E-state index in [0.29, 0.717) is 24.3 Å². The third kappa shape index (κ3) is 7.95. The van der Waals surface area contributed by atoms with Crippen LogP contribution >= 0.6 is 0 Å². The lowest BCUT2D eigenvalue weighted by atomic mass is 10.1. The van der Waals surface area contributed by atoms with Gasteiger partial charge in [-0.2, -0.15) is 0 Å². The van der Waals surface area contributed by atoms with Crippen LogP contribution < -0.4 is 16.0 Å². The van der Waals surface area contributed by atoms with Crippen molar-refractivity contribution in [2.24, 2.45) is 5.92 Å². The summed E-state index contributed by atoms with van der Waals surface area (Å²) in [6.45, 7) is 6.06. The second-order valence-corrected chi connectivity index (χ2v) is 7.31. The highest BCUT2D eigenvalue weighted by Gasteiger charge is 2.10. The number of hydrogen-bond donors (Lipinski definition) is 3.